The number of hydrogen-bond acceptors (Lipinski definition) is 4. The van der Waals surface area contributed by atoms with Crippen molar-refractivity contribution in [3.05, 3.63) is 52.0 Å². The second-order valence-electron chi connectivity index (χ2n) is 4.40. The van der Waals surface area contributed by atoms with E-state index < -0.39 is 5.97 Å². The molecule has 0 aliphatic rings. The molecule has 2 aromatic rings. The molecule has 0 fully saturated rings. The molecule has 3 N–H and O–H groups in total. The predicted molar refractivity (Wildman–Crippen MR) is 84.4 cm³/mol. The summed E-state index contributed by atoms with van der Waals surface area (Å²) in [7, 11) is 1.35. The molecule has 0 aliphatic heterocycles. The average molecular weight is 335 g/mol. The van der Waals surface area contributed by atoms with Crippen molar-refractivity contribution in [1.82, 2.24) is 0 Å². The van der Waals surface area contributed by atoms with Gasteiger partial charge in [-0.1, -0.05) is 22.0 Å². The van der Waals surface area contributed by atoms with E-state index in [0.29, 0.717) is 16.9 Å². The fraction of sp³-hybridized carbons (Fsp3) is 0.133. The number of methoxy groups -OCH3 is 1. The smallest absolute Gasteiger partial charge is 0.340 e. The number of nitrogens with one attached hydrogen (secondary N) is 1. The first kappa shape index (κ1) is 14.4. The first-order valence-corrected chi connectivity index (χ1v) is 6.81. The number of hydrogen-bond donors (Lipinski definition) is 2. The summed E-state index contributed by atoms with van der Waals surface area (Å²) in [5.41, 5.74) is 9.35. The first-order valence-electron chi connectivity index (χ1n) is 6.02. The topological polar surface area (TPSA) is 64.3 Å². The van der Waals surface area contributed by atoms with Crippen LogP contribution in [0.15, 0.2) is 40.9 Å². The van der Waals surface area contributed by atoms with Crippen molar-refractivity contribution in [2.45, 2.75) is 6.92 Å². The Balaban J connectivity index is 2.44. The molecule has 0 bridgehead atoms. The molecular weight excluding hydrogens is 320 g/mol. The van der Waals surface area contributed by atoms with E-state index in [4.69, 9.17) is 10.5 Å². The van der Waals surface area contributed by atoms with E-state index in [-0.39, 0.29) is 0 Å². The van der Waals surface area contributed by atoms with Crippen molar-refractivity contribution in [1.29, 1.82) is 0 Å². The summed E-state index contributed by atoms with van der Waals surface area (Å²) in [5, 5.41) is 3.18. The lowest BCUT2D eigenvalue weighted by Gasteiger charge is -2.14. The lowest BCUT2D eigenvalue weighted by atomic mass is 10.1. The molecule has 0 radical (unpaired) electrons. The number of halogens is 1. The van der Waals surface area contributed by atoms with E-state index in [2.05, 4.69) is 21.2 Å². The number of ether oxygens (including phenoxy) is 1. The maximum Gasteiger partial charge on any atom is 0.340 e. The van der Waals surface area contributed by atoms with Crippen molar-refractivity contribution in [2.24, 2.45) is 0 Å². The molecule has 0 heterocycles. The van der Waals surface area contributed by atoms with Crippen LogP contribution in [0.2, 0.25) is 0 Å². The average Bonchev–Trinajstić information content (AvgIpc) is 2.39. The largest absolute Gasteiger partial charge is 0.465 e. The van der Waals surface area contributed by atoms with E-state index in [1.165, 1.54) is 7.11 Å². The van der Waals surface area contributed by atoms with Crippen LogP contribution in [0.25, 0.3) is 0 Å². The van der Waals surface area contributed by atoms with Gasteiger partial charge < -0.3 is 15.8 Å². The second-order valence-corrected chi connectivity index (χ2v) is 5.32. The summed E-state index contributed by atoms with van der Waals surface area (Å²) in [6, 6.07) is 11.0. The monoisotopic (exact) mass is 334 g/mol. The van der Waals surface area contributed by atoms with Crippen molar-refractivity contribution in [3.63, 3.8) is 0 Å². The van der Waals surface area contributed by atoms with Gasteiger partial charge in [0.2, 0.25) is 0 Å². The Hall–Kier alpha value is -2.01. The molecule has 2 aromatic carbocycles. The minimum Gasteiger partial charge on any atom is -0.465 e. The molecule has 2 rings (SSSR count). The number of nitrogen functional groups attached to an aromatic ring is 1. The standard InChI is InChI=1S/C15H15BrN2O2/c1-9-6-10(16)8-11(7-9)18-14-12(15(19)20-2)4-3-5-13(14)17/h3-8,18H,17H2,1-2H3. The highest BCUT2D eigenvalue weighted by Crippen LogP contribution is 2.29. The van der Waals surface area contributed by atoms with Crippen molar-refractivity contribution < 1.29 is 9.53 Å². The van der Waals surface area contributed by atoms with Gasteiger partial charge in [0.15, 0.2) is 0 Å². The van der Waals surface area contributed by atoms with E-state index in [9.17, 15) is 4.79 Å². The lowest BCUT2D eigenvalue weighted by molar-refractivity contribution is 0.0602. The number of aryl methyl sites for hydroxylation is 1. The van der Waals surface area contributed by atoms with Crippen LogP contribution in [0, 0.1) is 6.92 Å². The zero-order valence-electron chi connectivity index (χ0n) is 11.2. The molecule has 0 unspecified atom stereocenters. The minimum atomic E-state index is -0.425. The quantitative estimate of drug-likeness (QED) is 0.660. The first-order chi connectivity index (χ1) is 9.51. The highest BCUT2D eigenvalue weighted by Gasteiger charge is 2.14. The molecule has 4 nitrogen and oxygen atoms in total. The molecule has 0 aliphatic carbocycles. The molecule has 0 saturated heterocycles. The van der Waals surface area contributed by atoms with Crippen LogP contribution in [0.5, 0.6) is 0 Å². The Morgan fingerprint density at radius 3 is 2.70 bits per heavy atom. The van der Waals surface area contributed by atoms with E-state index >= 15 is 0 Å². The predicted octanol–water partition coefficient (Wildman–Crippen LogP) is 3.87. The zero-order chi connectivity index (χ0) is 14.7. The summed E-state index contributed by atoms with van der Waals surface area (Å²) in [4.78, 5) is 11.8. The van der Waals surface area contributed by atoms with Crippen LogP contribution in [0.4, 0.5) is 17.1 Å². The van der Waals surface area contributed by atoms with Crippen LogP contribution < -0.4 is 11.1 Å². The normalized spacial score (nSPS) is 10.2. The van der Waals surface area contributed by atoms with Crippen LogP contribution in [-0.4, -0.2) is 13.1 Å². The molecule has 104 valence electrons. The third-order valence-electron chi connectivity index (χ3n) is 2.81. The van der Waals surface area contributed by atoms with Gasteiger partial charge in [0, 0.05) is 10.2 Å². The molecule has 0 amide bonds. The molecular formula is C15H15BrN2O2. The van der Waals surface area contributed by atoms with Gasteiger partial charge in [0.25, 0.3) is 0 Å². The SMILES string of the molecule is COC(=O)c1cccc(N)c1Nc1cc(C)cc(Br)c1. The molecule has 0 aromatic heterocycles. The third kappa shape index (κ3) is 3.11. The van der Waals surface area contributed by atoms with Gasteiger partial charge in [-0.25, -0.2) is 4.79 Å². The van der Waals surface area contributed by atoms with Crippen molar-refractivity contribution in [3.8, 4) is 0 Å². The lowest BCUT2D eigenvalue weighted by Crippen LogP contribution is -2.08. The molecule has 0 atom stereocenters. The Morgan fingerprint density at radius 1 is 1.30 bits per heavy atom. The maximum absolute atomic E-state index is 11.8. The van der Waals surface area contributed by atoms with Gasteiger partial charge >= 0.3 is 5.97 Å². The van der Waals surface area contributed by atoms with E-state index in [1.807, 2.05) is 25.1 Å². The number of esters is 1. The summed E-state index contributed by atoms with van der Waals surface area (Å²) in [6.45, 7) is 1.99. The summed E-state index contributed by atoms with van der Waals surface area (Å²) in [6.07, 6.45) is 0. The highest BCUT2D eigenvalue weighted by atomic mass is 79.9. The Labute approximate surface area is 126 Å². The van der Waals surface area contributed by atoms with Gasteiger partial charge in [-0.05, 0) is 42.8 Å². The number of carbonyl (C=O) groups excluding carboxylic acids is 1. The fourth-order valence-corrected chi connectivity index (χ4v) is 2.55. The fourth-order valence-electron chi connectivity index (χ4n) is 1.94. The number of rotatable bonds is 3. The van der Waals surface area contributed by atoms with Crippen LogP contribution in [0.3, 0.4) is 0 Å². The van der Waals surface area contributed by atoms with Gasteiger partial charge in [-0.2, -0.15) is 0 Å². The van der Waals surface area contributed by atoms with Crippen LogP contribution >= 0.6 is 15.9 Å². The van der Waals surface area contributed by atoms with Gasteiger partial charge in [-0.3, -0.25) is 0 Å². The van der Waals surface area contributed by atoms with E-state index in [0.717, 1.165) is 15.7 Å². The minimum absolute atomic E-state index is 0.408. The van der Waals surface area contributed by atoms with Gasteiger partial charge in [-0.15, -0.1) is 0 Å². The summed E-state index contributed by atoms with van der Waals surface area (Å²) < 4.78 is 5.73. The number of benzene rings is 2. The maximum atomic E-state index is 11.8. The molecule has 5 heteroatoms. The highest BCUT2D eigenvalue weighted by molar-refractivity contribution is 9.10. The van der Waals surface area contributed by atoms with E-state index in [1.54, 1.807) is 18.2 Å². The van der Waals surface area contributed by atoms with Crippen molar-refractivity contribution >= 4 is 39.0 Å². The third-order valence-corrected chi connectivity index (χ3v) is 3.27. The number of anilines is 3. The Kier molecular flexibility index (Phi) is 4.29. The van der Waals surface area contributed by atoms with Gasteiger partial charge in [0.05, 0.1) is 24.0 Å². The molecule has 0 saturated carbocycles. The van der Waals surface area contributed by atoms with Gasteiger partial charge in [0.1, 0.15) is 0 Å². The number of nitrogens with two attached hydrogens (primary N) is 1. The molecule has 20 heavy (non-hydrogen) atoms. The van der Waals surface area contributed by atoms with Crippen molar-refractivity contribution in [2.75, 3.05) is 18.2 Å². The second kappa shape index (κ2) is 5.96. The zero-order valence-corrected chi connectivity index (χ0v) is 12.8. The number of carbonyl (C=O) groups is 1. The summed E-state index contributed by atoms with van der Waals surface area (Å²) in [5.74, 6) is -0.425. The summed E-state index contributed by atoms with van der Waals surface area (Å²) >= 11 is 3.44. The van der Waals surface area contributed by atoms with Crippen LogP contribution in [-0.2, 0) is 4.74 Å². The Morgan fingerprint density at radius 2 is 2.05 bits per heavy atom. The Bertz CT molecular complexity index is 636. The molecule has 0 spiro atoms. The van der Waals surface area contributed by atoms with Crippen LogP contribution in [0.1, 0.15) is 15.9 Å². The number of para-hydroxylation sites is 1.